The summed E-state index contributed by atoms with van der Waals surface area (Å²) in [7, 11) is 3.39. The highest BCUT2D eigenvalue weighted by Crippen LogP contribution is 2.32. The van der Waals surface area contributed by atoms with E-state index in [4.69, 9.17) is 14.5 Å². The first-order valence-electron chi connectivity index (χ1n) is 10.2. The van der Waals surface area contributed by atoms with Crippen molar-refractivity contribution in [3.05, 3.63) is 35.3 Å². The number of hydrogen-bond acceptors (Lipinski definition) is 6. The number of aryl methyl sites for hydroxylation is 2. The van der Waals surface area contributed by atoms with Crippen molar-refractivity contribution in [2.75, 3.05) is 44.1 Å². The highest BCUT2D eigenvalue weighted by Gasteiger charge is 2.24. The molecule has 1 aliphatic heterocycles. The average molecular weight is 383 g/mol. The predicted octanol–water partition coefficient (Wildman–Crippen LogP) is 3.62. The predicted molar refractivity (Wildman–Crippen MR) is 112 cm³/mol. The lowest BCUT2D eigenvalue weighted by atomic mass is 9.96. The number of nitrogens with one attached hydrogen (secondary N) is 1. The Morgan fingerprint density at radius 2 is 1.82 bits per heavy atom. The molecule has 0 bridgehead atoms. The van der Waals surface area contributed by atoms with Crippen molar-refractivity contribution >= 4 is 11.5 Å². The Morgan fingerprint density at radius 3 is 2.57 bits per heavy atom. The number of nitrogens with zero attached hydrogens (tertiary/aromatic N) is 3. The van der Waals surface area contributed by atoms with Gasteiger partial charge in [-0.3, -0.25) is 0 Å². The van der Waals surface area contributed by atoms with Gasteiger partial charge in [-0.15, -0.1) is 0 Å². The van der Waals surface area contributed by atoms with E-state index in [0.29, 0.717) is 5.92 Å². The van der Waals surface area contributed by atoms with Crippen molar-refractivity contribution in [3.63, 3.8) is 0 Å². The zero-order chi connectivity index (χ0) is 19.5. The topological polar surface area (TPSA) is 59.5 Å². The molecule has 1 fully saturated rings. The lowest BCUT2D eigenvalue weighted by Crippen LogP contribution is -2.23. The van der Waals surface area contributed by atoms with Crippen LogP contribution < -0.4 is 19.7 Å². The highest BCUT2D eigenvalue weighted by molar-refractivity contribution is 5.56. The summed E-state index contributed by atoms with van der Waals surface area (Å²) in [6, 6.07) is 6.09. The molecular weight excluding hydrogens is 352 g/mol. The van der Waals surface area contributed by atoms with E-state index in [1.807, 2.05) is 13.0 Å². The Labute approximate surface area is 167 Å². The average Bonchev–Trinajstić information content (AvgIpc) is 3.20. The molecule has 0 spiro atoms. The van der Waals surface area contributed by atoms with Crippen LogP contribution in [-0.4, -0.2) is 43.8 Å². The largest absolute Gasteiger partial charge is 0.497 e. The zero-order valence-electron chi connectivity index (χ0n) is 17.1. The lowest BCUT2D eigenvalue weighted by molar-refractivity contribution is 0.394. The Bertz CT molecular complexity index is 817. The number of methoxy groups -OCH3 is 2. The molecule has 6 heteroatoms. The van der Waals surface area contributed by atoms with Crippen molar-refractivity contribution in [2.24, 2.45) is 5.92 Å². The number of rotatable bonds is 6. The molecule has 1 atom stereocenters. The van der Waals surface area contributed by atoms with E-state index in [-0.39, 0.29) is 0 Å². The van der Waals surface area contributed by atoms with E-state index in [9.17, 15) is 0 Å². The standard InChI is InChI=1S/C22H30N4O2/c1-15-24-21-7-5-4-6-20(21)22(25-15)23-13-16-8-9-26(14-16)17-10-18(27-2)12-19(11-17)28-3/h10-12,16H,4-9,13-14H2,1-3H3,(H,23,24,25). The fourth-order valence-electron chi connectivity index (χ4n) is 4.31. The second-order valence-electron chi connectivity index (χ2n) is 7.80. The third-order valence-corrected chi connectivity index (χ3v) is 5.84. The van der Waals surface area contributed by atoms with Crippen LogP contribution in [-0.2, 0) is 12.8 Å². The van der Waals surface area contributed by atoms with E-state index >= 15 is 0 Å². The minimum Gasteiger partial charge on any atom is -0.497 e. The van der Waals surface area contributed by atoms with Crippen LogP contribution in [0.25, 0.3) is 0 Å². The first-order valence-corrected chi connectivity index (χ1v) is 10.2. The molecule has 1 unspecified atom stereocenters. The molecule has 6 nitrogen and oxygen atoms in total. The number of fused-ring (bicyclic) bond motifs is 1. The van der Waals surface area contributed by atoms with Crippen molar-refractivity contribution in [2.45, 2.75) is 39.0 Å². The van der Waals surface area contributed by atoms with Gasteiger partial charge in [-0.2, -0.15) is 0 Å². The van der Waals surface area contributed by atoms with Crippen LogP contribution in [0, 0.1) is 12.8 Å². The van der Waals surface area contributed by atoms with Gasteiger partial charge in [-0.1, -0.05) is 0 Å². The van der Waals surface area contributed by atoms with Crippen LogP contribution in [0.5, 0.6) is 11.5 Å². The SMILES string of the molecule is COc1cc(OC)cc(N2CCC(CNc3nc(C)nc4c3CCCC4)C2)c1. The van der Waals surface area contributed by atoms with Gasteiger partial charge < -0.3 is 19.7 Å². The maximum absolute atomic E-state index is 5.42. The highest BCUT2D eigenvalue weighted by atomic mass is 16.5. The Morgan fingerprint density at radius 1 is 1.07 bits per heavy atom. The lowest BCUT2D eigenvalue weighted by Gasteiger charge is -2.22. The van der Waals surface area contributed by atoms with E-state index in [1.165, 1.54) is 30.5 Å². The zero-order valence-corrected chi connectivity index (χ0v) is 17.1. The maximum Gasteiger partial charge on any atom is 0.133 e. The Kier molecular flexibility index (Phi) is 5.55. The second kappa shape index (κ2) is 8.25. The molecule has 1 saturated heterocycles. The number of anilines is 2. The van der Waals surface area contributed by atoms with E-state index < -0.39 is 0 Å². The van der Waals surface area contributed by atoms with Crippen LogP contribution in [0.4, 0.5) is 11.5 Å². The third kappa shape index (κ3) is 4.01. The molecule has 0 saturated carbocycles. The van der Waals surface area contributed by atoms with Gasteiger partial charge in [0.1, 0.15) is 23.1 Å². The van der Waals surface area contributed by atoms with Gasteiger partial charge >= 0.3 is 0 Å². The first-order chi connectivity index (χ1) is 13.7. The molecule has 2 heterocycles. The minimum atomic E-state index is 0.590. The molecule has 4 rings (SSSR count). The molecular formula is C22H30N4O2. The summed E-state index contributed by atoms with van der Waals surface area (Å²) >= 11 is 0. The quantitative estimate of drug-likeness (QED) is 0.823. The normalized spacial score (nSPS) is 18.7. The molecule has 1 aromatic carbocycles. The summed E-state index contributed by atoms with van der Waals surface area (Å²) in [5.41, 5.74) is 3.75. The summed E-state index contributed by atoms with van der Waals surface area (Å²) in [5.74, 6) is 4.19. The van der Waals surface area contributed by atoms with Crippen molar-refractivity contribution in [1.29, 1.82) is 0 Å². The molecule has 0 radical (unpaired) electrons. The molecule has 2 aliphatic rings. The van der Waals surface area contributed by atoms with Gasteiger partial charge in [-0.25, -0.2) is 9.97 Å². The van der Waals surface area contributed by atoms with E-state index in [2.05, 4.69) is 27.3 Å². The second-order valence-corrected chi connectivity index (χ2v) is 7.80. The summed E-state index contributed by atoms with van der Waals surface area (Å²) in [4.78, 5) is 11.8. The molecule has 0 amide bonds. The van der Waals surface area contributed by atoms with Gasteiger partial charge in [-0.05, 0) is 44.9 Å². The Balaban J connectivity index is 1.42. The minimum absolute atomic E-state index is 0.590. The smallest absolute Gasteiger partial charge is 0.133 e. The van der Waals surface area contributed by atoms with Gasteiger partial charge in [0.15, 0.2) is 0 Å². The maximum atomic E-state index is 5.42. The van der Waals surface area contributed by atoms with Crippen LogP contribution in [0.1, 0.15) is 36.3 Å². The number of ether oxygens (including phenoxy) is 2. The number of hydrogen-bond donors (Lipinski definition) is 1. The van der Waals surface area contributed by atoms with Gasteiger partial charge in [0.05, 0.1) is 14.2 Å². The molecule has 2 aromatic rings. The summed E-state index contributed by atoms with van der Waals surface area (Å²) in [5, 5.41) is 3.65. The molecule has 1 aliphatic carbocycles. The van der Waals surface area contributed by atoms with Crippen LogP contribution >= 0.6 is 0 Å². The fraction of sp³-hybridized carbons (Fsp3) is 0.545. The van der Waals surface area contributed by atoms with Crippen LogP contribution in [0.2, 0.25) is 0 Å². The summed E-state index contributed by atoms with van der Waals surface area (Å²) < 4.78 is 10.8. The van der Waals surface area contributed by atoms with Crippen molar-refractivity contribution in [1.82, 2.24) is 9.97 Å². The van der Waals surface area contributed by atoms with Gasteiger partial charge in [0, 0.05) is 54.8 Å². The molecule has 150 valence electrons. The third-order valence-electron chi connectivity index (χ3n) is 5.84. The van der Waals surface area contributed by atoms with Crippen molar-refractivity contribution < 1.29 is 9.47 Å². The van der Waals surface area contributed by atoms with E-state index in [1.54, 1.807) is 14.2 Å². The van der Waals surface area contributed by atoms with Crippen LogP contribution in [0.3, 0.4) is 0 Å². The fourth-order valence-corrected chi connectivity index (χ4v) is 4.31. The van der Waals surface area contributed by atoms with Gasteiger partial charge in [0.2, 0.25) is 0 Å². The monoisotopic (exact) mass is 382 g/mol. The Hall–Kier alpha value is -2.50. The van der Waals surface area contributed by atoms with E-state index in [0.717, 1.165) is 61.3 Å². The molecule has 28 heavy (non-hydrogen) atoms. The molecule has 1 aromatic heterocycles. The van der Waals surface area contributed by atoms with Crippen LogP contribution in [0.15, 0.2) is 18.2 Å². The number of benzene rings is 1. The van der Waals surface area contributed by atoms with Crippen molar-refractivity contribution in [3.8, 4) is 11.5 Å². The first kappa shape index (κ1) is 18.8. The molecule has 1 N–H and O–H groups in total. The van der Waals surface area contributed by atoms with Gasteiger partial charge in [0.25, 0.3) is 0 Å². The summed E-state index contributed by atoms with van der Waals surface area (Å²) in [6.45, 7) is 5.01. The summed E-state index contributed by atoms with van der Waals surface area (Å²) in [6.07, 6.45) is 5.83. The number of aromatic nitrogens is 2.